The Hall–Kier alpha value is -2.01. The highest BCUT2D eigenvalue weighted by atomic mass is 16.5. The molecule has 0 fully saturated rings. The fourth-order valence-corrected chi connectivity index (χ4v) is 1.15. The Morgan fingerprint density at radius 1 is 1.38 bits per heavy atom. The Balaban J connectivity index is 2.55. The molecule has 0 amide bonds. The molecule has 0 heterocycles. The van der Waals surface area contributed by atoms with Gasteiger partial charge in [0.05, 0.1) is 0 Å². The topological polar surface area (TPSA) is 26.3 Å². The van der Waals surface area contributed by atoms with Crippen LogP contribution in [0, 0.1) is 11.8 Å². The number of ether oxygens (including phenoxy) is 1. The Morgan fingerprint density at radius 3 is 2.69 bits per heavy atom. The van der Waals surface area contributed by atoms with Gasteiger partial charge in [0.25, 0.3) is 0 Å². The van der Waals surface area contributed by atoms with Gasteiger partial charge in [-0.05, 0) is 32.1 Å². The van der Waals surface area contributed by atoms with E-state index in [1.807, 2.05) is 43.3 Å². The summed E-state index contributed by atoms with van der Waals surface area (Å²) >= 11 is 0. The average molecular weight is 214 g/mol. The molecule has 82 valence electrons. The van der Waals surface area contributed by atoms with Crippen molar-refractivity contribution in [3.05, 3.63) is 48.0 Å². The molecule has 0 spiro atoms. The van der Waals surface area contributed by atoms with Gasteiger partial charge in [-0.1, -0.05) is 30.2 Å². The molecule has 1 unspecified atom stereocenters. The maximum atomic E-state index is 11.3. The molecular formula is C14H14O2. The second-order valence-electron chi connectivity index (χ2n) is 3.25. The summed E-state index contributed by atoms with van der Waals surface area (Å²) in [6.07, 6.45) is 3.40. The van der Waals surface area contributed by atoms with Gasteiger partial charge in [-0.2, -0.15) is 0 Å². The van der Waals surface area contributed by atoms with Crippen molar-refractivity contribution in [2.24, 2.45) is 0 Å². The maximum absolute atomic E-state index is 11.3. The van der Waals surface area contributed by atoms with Crippen LogP contribution in [0.25, 0.3) is 0 Å². The fourth-order valence-electron chi connectivity index (χ4n) is 1.15. The highest BCUT2D eigenvalue weighted by Gasteiger charge is 2.01. The third-order valence-corrected chi connectivity index (χ3v) is 1.84. The van der Waals surface area contributed by atoms with Crippen molar-refractivity contribution in [3.63, 3.8) is 0 Å². The maximum Gasteiger partial charge on any atom is 0.385 e. The third kappa shape index (κ3) is 4.47. The summed E-state index contributed by atoms with van der Waals surface area (Å²) in [6, 6.07) is 9.33. The van der Waals surface area contributed by atoms with Crippen molar-refractivity contribution >= 4 is 5.97 Å². The molecule has 16 heavy (non-hydrogen) atoms. The van der Waals surface area contributed by atoms with E-state index in [0.29, 0.717) is 0 Å². The van der Waals surface area contributed by atoms with Crippen LogP contribution in [0.3, 0.4) is 0 Å². The monoisotopic (exact) mass is 214 g/mol. The molecule has 0 aliphatic heterocycles. The molecule has 0 N–H and O–H groups in total. The average Bonchev–Trinajstić information content (AvgIpc) is 2.28. The third-order valence-electron chi connectivity index (χ3n) is 1.84. The van der Waals surface area contributed by atoms with Gasteiger partial charge >= 0.3 is 5.97 Å². The number of carbonyl (C=O) groups is 1. The van der Waals surface area contributed by atoms with Gasteiger partial charge in [0.15, 0.2) is 0 Å². The van der Waals surface area contributed by atoms with Crippen LogP contribution in [0.2, 0.25) is 0 Å². The summed E-state index contributed by atoms with van der Waals surface area (Å²) in [5, 5.41) is 0. The molecule has 2 heteroatoms. The lowest BCUT2D eigenvalue weighted by Crippen LogP contribution is -2.10. The van der Waals surface area contributed by atoms with E-state index in [-0.39, 0.29) is 6.10 Å². The molecule has 1 atom stereocenters. The molecule has 0 saturated carbocycles. The van der Waals surface area contributed by atoms with Gasteiger partial charge in [-0.25, -0.2) is 4.79 Å². The first-order valence-electron chi connectivity index (χ1n) is 5.13. The van der Waals surface area contributed by atoms with Crippen LogP contribution >= 0.6 is 0 Å². The van der Waals surface area contributed by atoms with Crippen LogP contribution in [0.4, 0.5) is 0 Å². The van der Waals surface area contributed by atoms with Crippen LogP contribution in [0.15, 0.2) is 42.5 Å². The standard InChI is InChI=1S/C14H14O2/c1-3-7-12(2)16-14(15)11-10-13-8-5-4-6-9-13/h3-9,12H,1-2H3. The lowest BCUT2D eigenvalue weighted by Gasteiger charge is -2.04. The van der Waals surface area contributed by atoms with Crippen LogP contribution in [-0.4, -0.2) is 12.1 Å². The van der Waals surface area contributed by atoms with E-state index in [1.54, 1.807) is 13.0 Å². The summed E-state index contributed by atoms with van der Waals surface area (Å²) in [5.41, 5.74) is 0.804. The number of hydrogen-bond acceptors (Lipinski definition) is 2. The lowest BCUT2D eigenvalue weighted by molar-refractivity contribution is -0.139. The quantitative estimate of drug-likeness (QED) is 0.429. The lowest BCUT2D eigenvalue weighted by atomic mass is 10.2. The minimum atomic E-state index is -0.505. The van der Waals surface area contributed by atoms with Gasteiger partial charge in [0.1, 0.15) is 6.10 Å². The molecule has 0 aliphatic carbocycles. The second-order valence-corrected chi connectivity index (χ2v) is 3.25. The second kappa shape index (κ2) is 6.47. The van der Waals surface area contributed by atoms with Gasteiger partial charge in [-0.15, -0.1) is 0 Å². The number of benzene rings is 1. The smallest absolute Gasteiger partial charge is 0.385 e. The first-order valence-corrected chi connectivity index (χ1v) is 5.13. The number of rotatable bonds is 2. The Kier molecular flexibility index (Phi) is 4.88. The van der Waals surface area contributed by atoms with Crippen LogP contribution in [0.5, 0.6) is 0 Å². The molecule has 1 aromatic rings. The Morgan fingerprint density at radius 2 is 2.06 bits per heavy atom. The van der Waals surface area contributed by atoms with E-state index in [0.717, 1.165) is 5.56 Å². The summed E-state index contributed by atoms with van der Waals surface area (Å²) in [5.74, 6) is 4.68. The molecule has 0 bridgehead atoms. The molecule has 0 aromatic heterocycles. The zero-order valence-corrected chi connectivity index (χ0v) is 9.44. The van der Waals surface area contributed by atoms with Crippen molar-refractivity contribution in [2.75, 3.05) is 0 Å². The van der Waals surface area contributed by atoms with Gasteiger partial charge in [0, 0.05) is 11.5 Å². The minimum absolute atomic E-state index is 0.234. The van der Waals surface area contributed by atoms with E-state index < -0.39 is 5.97 Å². The molecule has 0 radical (unpaired) electrons. The van der Waals surface area contributed by atoms with Gasteiger partial charge in [0.2, 0.25) is 0 Å². The van der Waals surface area contributed by atoms with E-state index in [9.17, 15) is 4.79 Å². The zero-order valence-electron chi connectivity index (χ0n) is 9.44. The van der Waals surface area contributed by atoms with Gasteiger partial charge < -0.3 is 4.74 Å². The SMILES string of the molecule is CC=CC(C)OC(=O)C#Cc1ccccc1. The predicted molar refractivity (Wildman–Crippen MR) is 63.7 cm³/mol. The number of esters is 1. The zero-order chi connectivity index (χ0) is 11.8. The van der Waals surface area contributed by atoms with E-state index in [2.05, 4.69) is 11.8 Å². The van der Waals surface area contributed by atoms with Crippen molar-refractivity contribution in [1.29, 1.82) is 0 Å². The molecule has 1 rings (SSSR count). The number of allylic oxidation sites excluding steroid dienone is 1. The Bertz CT molecular complexity index is 421. The molecule has 0 aliphatic rings. The summed E-state index contributed by atoms with van der Waals surface area (Å²) < 4.78 is 5.01. The molecular weight excluding hydrogens is 200 g/mol. The Labute approximate surface area is 95.9 Å². The van der Waals surface area contributed by atoms with Crippen LogP contribution in [-0.2, 0) is 9.53 Å². The largest absolute Gasteiger partial charge is 0.449 e. The highest BCUT2D eigenvalue weighted by molar-refractivity contribution is 5.89. The summed E-state index contributed by atoms with van der Waals surface area (Å²) in [4.78, 5) is 11.3. The normalized spacial score (nSPS) is 11.6. The number of hydrogen-bond donors (Lipinski definition) is 0. The molecule has 2 nitrogen and oxygen atoms in total. The van der Waals surface area contributed by atoms with E-state index in [1.165, 1.54) is 0 Å². The van der Waals surface area contributed by atoms with Crippen molar-refractivity contribution < 1.29 is 9.53 Å². The first-order chi connectivity index (χ1) is 7.72. The van der Waals surface area contributed by atoms with E-state index >= 15 is 0 Å². The number of carbonyl (C=O) groups excluding carboxylic acids is 1. The van der Waals surface area contributed by atoms with Crippen LogP contribution < -0.4 is 0 Å². The minimum Gasteiger partial charge on any atom is -0.449 e. The van der Waals surface area contributed by atoms with Gasteiger partial charge in [-0.3, -0.25) is 0 Å². The summed E-state index contributed by atoms with van der Waals surface area (Å²) in [7, 11) is 0. The van der Waals surface area contributed by atoms with Crippen molar-refractivity contribution in [2.45, 2.75) is 20.0 Å². The van der Waals surface area contributed by atoms with Crippen LogP contribution in [0.1, 0.15) is 19.4 Å². The molecule has 0 saturated heterocycles. The van der Waals surface area contributed by atoms with Crippen molar-refractivity contribution in [3.8, 4) is 11.8 Å². The molecule has 1 aromatic carbocycles. The first kappa shape index (κ1) is 12.1. The summed E-state index contributed by atoms with van der Waals surface area (Å²) in [6.45, 7) is 3.67. The predicted octanol–water partition coefficient (Wildman–Crippen LogP) is 2.55. The highest BCUT2D eigenvalue weighted by Crippen LogP contribution is 1.96. The fraction of sp³-hybridized carbons (Fsp3) is 0.214. The van der Waals surface area contributed by atoms with Crippen molar-refractivity contribution in [1.82, 2.24) is 0 Å². The van der Waals surface area contributed by atoms with E-state index in [4.69, 9.17) is 4.74 Å².